The van der Waals surface area contributed by atoms with Crippen molar-refractivity contribution in [1.82, 2.24) is 9.97 Å². The Labute approximate surface area is 98.6 Å². The smallest absolute Gasteiger partial charge is 0.248 e. The third kappa shape index (κ3) is 1.82. The number of anilines is 1. The maximum atomic E-state index is 11.2. The van der Waals surface area contributed by atoms with Gasteiger partial charge in [0.05, 0.1) is 11.7 Å². The second-order valence-electron chi connectivity index (χ2n) is 4.37. The lowest BCUT2D eigenvalue weighted by molar-refractivity contribution is 0.940. The van der Waals surface area contributed by atoms with Crippen LogP contribution in [0, 0.1) is 0 Å². The Kier molecular flexibility index (Phi) is 2.21. The molecule has 0 radical (unpaired) electrons. The van der Waals surface area contributed by atoms with Crippen molar-refractivity contribution in [2.24, 2.45) is 0 Å². The molecule has 0 spiro atoms. The van der Waals surface area contributed by atoms with E-state index in [1.165, 1.54) is 11.6 Å². The van der Waals surface area contributed by atoms with Crippen LogP contribution in [0.25, 0.3) is 10.9 Å². The number of pyridine rings is 2. The molecule has 0 amide bonds. The summed E-state index contributed by atoms with van der Waals surface area (Å²) >= 11 is 0. The zero-order chi connectivity index (χ0) is 11.8. The Bertz CT molecular complexity index is 644. The summed E-state index contributed by atoms with van der Waals surface area (Å²) in [6, 6.07) is 5.36. The fraction of sp³-hybridized carbons (Fsp3) is 0.231. The molecule has 1 aliphatic heterocycles. The van der Waals surface area contributed by atoms with E-state index in [9.17, 15) is 4.79 Å². The van der Waals surface area contributed by atoms with Crippen molar-refractivity contribution < 1.29 is 0 Å². The second kappa shape index (κ2) is 3.73. The molecule has 0 unspecified atom stereocenters. The highest BCUT2D eigenvalue weighted by Crippen LogP contribution is 2.22. The van der Waals surface area contributed by atoms with Crippen LogP contribution in [-0.4, -0.2) is 23.1 Å². The predicted octanol–water partition coefficient (Wildman–Crippen LogP) is 1.69. The summed E-state index contributed by atoms with van der Waals surface area (Å²) in [5.41, 5.74) is 1.93. The van der Waals surface area contributed by atoms with Gasteiger partial charge >= 0.3 is 0 Å². The van der Waals surface area contributed by atoms with Crippen LogP contribution in [0.4, 0.5) is 5.82 Å². The highest BCUT2D eigenvalue weighted by molar-refractivity contribution is 5.80. The zero-order valence-electron chi connectivity index (χ0n) is 9.44. The number of aromatic nitrogens is 2. The van der Waals surface area contributed by atoms with Crippen LogP contribution in [0.3, 0.4) is 0 Å². The number of hydrogen-bond acceptors (Lipinski definition) is 3. The Morgan fingerprint density at radius 3 is 3.06 bits per heavy atom. The van der Waals surface area contributed by atoms with E-state index in [0.29, 0.717) is 0 Å². The summed E-state index contributed by atoms with van der Waals surface area (Å²) in [7, 11) is 0. The summed E-state index contributed by atoms with van der Waals surface area (Å²) < 4.78 is 0. The van der Waals surface area contributed by atoms with Crippen molar-refractivity contribution in [2.75, 3.05) is 18.0 Å². The molecule has 3 rings (SSSR count). The van der Waals surface area contributed by atoms with Crippen molar-refractivity contribution in [2.45, 2.75) is 6.42 Å². The molecule has 0 saturated carbocycles. The van der Waals surface area contributed by atoms with Crippen LogP contribution in [0.2, 0.25) is 0 Å². The summed E-state index contributed by atoms with van der Waals surface area (Å²) in [6.45, 7) is 5.84. The van der Waals surface area contributed by atoms with Crippen LogP contribution < -0.4 is 10.5 Å². The molecule has 86 valence electrons. The van der Waals surface area contributed by atoms with E-state index in [1.54, 1.807) is 6.20 Å². The Hall–Kier alpha value is -2.10. The van der Waals surface area contributed by atoms with Crippen molar-refractivity contribution in [1.29, 1.82) is 0 Å². The molecule has 1 aliphatic rings. The van der Waals surface area contributed by atoms with Crippen molar-refractivity contribution in [3.8, 4) is 0 Å². The molecule has 4 heteroatoms. The van der Waals surface area contributed by atoms with Gasteiger partial charge in [-0.05, 0) is 18.6 Å². The molecule has 1 saturated heterocycles. The van der Waals surface area contributed by atoms with Gasteiger partial charge in [0.1, 0.15) is 5.82 Å². The predicted molar refractivity (Wildman–Crippen MR) is 68.3 cm³/mol. The Balaban J connectivity index is 2.04. The fourth-order valence-corrected chi connectivity index (χ4v) is 2.13. The van der Waals surface area contributed by atoms with Gasteiger partial charge in [-0.2, -0.15) is 0 Å². The highest BCUT2D eigenvalue weighted by Gasteiger charge is 2.16. The zero-order valence-corrected chi connectivity index (χ0v) is 9.44. The average Bonchev–Trinajstić information content (AvgIpc) is 2.75. The van der Waals surface area contributed by atoms with Gasteiger partial charge in [-0.3, -0.25) is 4.79 Å². The van der Waals surface area contributed by atoms with Crippen molar-refractivity contribution in [3.63, 3.8) is 0 Å². The van der Waals surface area contributed by atoms with Gasteiger partial charge in [0.2, 0.25) is 5.56 Å². The van der Waals surface area contributed by atoms with Crippen LogP contribution in [0.5, 0.6) is 0 Å². The quantitative estimate of drug-likeness (QED) is 0.754. The topological polar surface area (TPSA) is 49.0 Å². The van der Waals surface area contributed by atoms with Crippen LogP contribution in [0.15, 0.2) is 41.3 Å². The first-order valence-electron chi connectivity index (χ1n) is 5.63. The largest absolute Gasteiger partial charge is 0.352 e. The first-order chi connectivity index (χ1) is 8.22. The normalized spacial score (nSPS) is 15.8. The van der Waals surface area contributed by atoms with E-state index in [4.69, 9.17) is 0 Å². The maximum absolute atomic E-state index is 11.2. The van der Waals surface area contributed by atoms with E-state index >= 15 is 0 Å². The van der Waals surface area contributed by atoms with Gasteiger partial charge < -0.3 is 9.88 Å². The Morgan fingerprint density at radius 2 is 2.29 bits per heavy atom. The number of nitrogens with one attached hydrogen (secondary N) is 1. The molecule has 17 heavy (non-hydrogen) atoms. The SMILES string of the molecule is C=C1CCN(c2cc3ccc(=O)[nH]c3cn2)C1. The number of aromatic amines is 1. The molecular weight excluding hydrogens is 214 g/mol. The van der Waals surface area contributed by atoms with Gasteiger partial charge in [0.25, 0.3) is 0 Å². The lowest BCUT2D eigenvalue weighted by Gasteiger charge is -2.16. The van der Waals surface area contributed by atoms with E-state index in [0.717, 1.165) is 36.2 Å². The van der Waals surface area contributed by atoms with Crippen molar-refractivity contribution >= 4 is 16.7 Å². The standard InChI is InChI=1S/C13H13N3O/c1-9-4-5-16(8-9)12-6-10-2-3-13(17)15-11(10)7-14-12/h2-3,6-7H,1,4-5,8H2,(H,15,17). The summed E-state index contributed by atoms with van der Waals surface area (Å²) in [6.07, 6.45) is 2.75. The van der Waals surface area contributed by atoms with E-state index in [2.05, 4.69) is 21.4 Å². The molecule has 1 fully saturated rings. The number of rotatable bonds is 1. The molecule has 1 N–H and O–H groups in total. The number of H-pyrrole nitrogens is 1. The lowest BCUT2D eigenvalue weighted by atomic mass is 10.2. The third-order valence-electron chi connectivity index (χ3n) is 3.07. The van der Waals surface area contributed by atoms with Crippen molar-refractivity contribution in [3.05, 3.63) is 46.9 Å². The van der Waals surface area contributed by atoms with E-state index < -0.39 is 0 Å². The van der Waals surface area contributed by atoms with Gasteiger partial charge in [-0.1, -0.05) is 12.2 Å². The number of fused-ring (bicyclic) bond motifs is 1. The Morgan fingerprint density at radius 1 is 1.41 bits per heavy atom. The first-order valence-corrected chi connectivity index (χ1v) is 5.63. The highest BCUT2D eigenvalue weighted by atomic mass is 16.1. The molecule has 0 aliphatic carbocycles. The van der Waals surface area contributed by atoms with Gasteiger partial charge in [-0.25, -0.2) is 4.98 Å². The maximum Gasteiger partial charge on any atom is 0.248 e. The summed E-state index contributed by atoms with van der Waals surface area (Å²) in [5.74, 6) is 0.947. The summed E-state index contributed by atoms with van der Waals surface area (Å²) in [4.78, 5) is 20.5. The van der Waals surface area contributed by atoms with Gasteiger partial charge in [0, 0.05) is 24.5 Å². The second-order valence-corrected chi connectivity index (χ2v) is 4.37. The molecular formula is C13H13N3O. The van der Waals surface area contributed by atoms with Crippen LogP contribution in [-0.2, 0) is 0 Å². The molecule has 3 heterocycles. The number of hydrogen-bond donors (Lipinski definition) is 1. The molecule has 0 atom stereocenters. The number of nitrogens with zero attached hydrogens (tertiary/aromatic N) is 2. The van der Waals surface area contributed by atoms with E-state index in [-0.39, 0.29) is 5.56 Å². The van der Waals surface area contributed by atoms with Crippen LogP contribution in [0.1, 0.15) is 6.42 Å². The lowest BCUT2D eigenvalue weighted by Crippen LogP contribution is -2.19. The molecule has 0 aromatic carbocycles. The van der Waals surface area contributed by atoms with Crippen LogP contribution >= 0.6 is 0 Å². The average molecular weight is 227 g/mol. The van der Waals surface area contributed by atoms with Gasteiger partial charge in [0.15, 0.2) is 0 Å². The first kappa shape index (κ1) is 10.1. The minimum Gasteiger partial charge on any atom is -0.352 e. The van der Waals surface area contributed by atoms with E-state index in [1.807, 2.05) is 12.1 Å². The summed E-state index contributed by atoms with van der Waals surface area (Å²) in [5, 5.41) is 1.01. The molecule has 2 aromatic heterocycles. The fourth-order valence-electron chi connectivity index (χ4n) is 2.13. The molecule has 4 nitrogen and oxygen atoms in total. The molecule has 0 bridgehead atoms. The minimum atomic E-state index is -0.0957. The minimum absolute atomic E-state index is 0.0957. The molecule has 2 aromatic rings. The van der Waals surface area contributed by atoms with Gasteiger partial charge in [-0.15, -0.1) is 0 Å². The third-order valence-corrected chi connectivity index (χ3v) is 3.07. The monoisotopic (exact) mass is 227 g/mol.